The second-order valence-electron chi connectivity index (χ2n) is 4.02. The number of hydrogen-bond acceptors (Lipinski definition) is 5. The molecule has 1 rings (SSSR count). The Labute approximate surface area is 117 Å². The molecule has 1 fully saturated rings. The van der Waals surface area contributed by atoms with Gasteiger partial charge in [-0.05, 0) is 32.0 Å². The Morgan fingerprint density at radius 2 is 2.05 bits per heavy atom. The molecule has 0 spiro atoms. The smallest absolute Gasteiger partial charge is 0.309 e. The highest BCUT2D eigenvalue weighted by Gasteiger charge is 2.31. The lowest BCUT2D eigenvalue weighted by Crippen LogP contribution is -2.52. The van der Waals surface area contributed by atoms with Crippen LogP contribution in [0.1, 0.15) is 19.8 Å². The number of ether oxygens (including phenoxy) is 1. The fourth-order valence-electron chi connectivity index (χ4n) is 1.77. The molecule has 0 aromatic carbocycles. The zero-order valence-electron chi connectivity index (χ0n) is 10.6. The van der Waals surface area contributed by atoms with E-state index in [9.17, 15) is 13.2 Å². The summed E-state index contributed by atoms with van der Waals surface area (Å²) in [4.78, 5) is 13.6. The third-order valence-corrected chi connectivity index (χ3v) is 4.22. The van der Waals surface area contributed by atoms with E-state index in [1.54, 1.807) is 6.92 Å². The van der Waals surface area contributed by atoms with E-state index in [0.29, 0.717) is 19.4 Å². The molecule has 0 aliphatic carbocycles. The zero-order valence-corrected chi connectivity index (χ0v) is 12.2. The SMILES string of the molecule is CCOC(=O)C1CCN(S(=O)(=O)NNC(N)=S)CC1. The first kappa shape index (κ1) is 16.1. The van der Waals surface area contributed by atoms with Crippen molar-refractivity contribution in [3.8, 4) is 0 Å². The maximum atomic E-state index is 11.8. The molecule has 1 saturated heterocycles. The molecule has 1 heterocycles. The van der Waals surface area contributed by atoms with Crippen molar-refractivity contribution < 1.29 is 17.9 Å². The number of carbonyl (C=O) groups excluding carboxylic acids is 1. The molecular formula is C9H18N4O4S2. The van der Waals surface area contributed by atoms with Gasteiger partial charge in [-0.15, -0.1) is 4.83 Å². The van der Waals surface area contributed by atoms with Gasteiger partial charge in [0, 0.05) is 13.1 Å². The van der Waals surface area contributed by atoms with Crippen molar-refractivity contribution >= 4 is 33.5 Å². The summed E-state index contributed by atoms with van der Waals surface area (Å²) < 4.78 is 29.8. The Balaban J connectivity index is 2.49. The van der Waals surface area contributed by atoms with Gasteiger partial charge >= 0.3 is 5.97 Å². The van der Waals surface area contributed by atoms with E-state index >= 15 is 0 Å². The van der Waals surface area contributed by atoms with E-state index < -0.39 is 10.2 Å². The Kier molecular flexibility index (Phi) is 5.91. The van der Waals surface area contributed by atoms with Crippen LogP contribution < -0.4 is 16.0 Å². The van der Waals surface area contributed by atoms with Crippen LogP contribution in [0.3, 0.4) is 0 Å². The molecule has 0 bridgehead atoms. The van der Waals surface area contributed by atoms with Gasteiger partial charge in [0.05, 0.1) is 12.5 Å². The van der Waals surface area contributed by atoms with E-state index in [2.05, 4.69) is 22.5 Å². The third kappa shape index (κ3) is 4.90. The monoisotopic (exact) mass is 310 g/mol. The number of thiocarbonyl (C=S) groups is 1. The summed E-state index contributed by atoms with van der Waals surface area (Å²) in [7, 11) is -3.69. The Bertz CT molecular complexity index is 432. The molecule has 0 unspecified atom stereocenters. The Hall–Kier alpha value is -0.970. The number of nitrogens with two attached hydrogens (primary N) is 1. The number of nitrogens with one attached hydrogen (secondary N) is 2. The van der Waals surface area contributed by atoms with E-state index in [-0.39, 0.29) is 30.1 Å². The van der Waals surface area contributed by atoms with Crippen molar-refractivity contribution in [1.82, 2.24) is 14.6 Å². The Morgan fingerprint density at radius 3 is 2.53 bits per heavy atom. The molecule has 8 nitrogen and oxygen atoms in total. The summed E-state index contributed by atoms with van der Waals surface area (Å²) in [6, 6.07) is 0. The maximum Gasteiger partial charge on any atom is 0.309 e. The average Bonchev–Trinajstić information content (AvgIpc) is 2.37. The first-order valence-electron chi connectivity index (χ1n) is 5.85. The molecule has 4 N–H and O–H groups in total. The molecule has 0 atom stereocenters. The van der Waals surface area contributed by atoms with Crippen molar-refractivity contribution in [3.05, 3.63) is 0 Å². The van der Waals surface area contributed by atoms with Crippen molar-refractivity contribution in [3.63, 3.8) is 0 Å². The zero-order chi connectivity index (χ0) is 14.5. The normalized spacial score (nSPS) is 17.9. The van der Waals surface area contributed by atoms with Crippen LogP contribution in [-0.2, 0) is 19.7 Å². The van der Waals surface area contributed by atoms with Crippen LogP contribution in [0.2, 0.25) is 0 Å². The summed E-state index contributed by atoms with van der Waals surface area (Å²) in [5, 5.41) is -0.162. The van der Waals surface area contributed by atoms with E-state index in [1.165, 1.54) is 4.31 Å². The molecule has 0 aromatic heterocycles. The average molecular weight is 310 g/mol. The number of hydrogen-bond donors (Lipinski definition) is 3. The molecule has 1 aliphatic heterocycles. The van der Waals surface area contributed by atoms with Crippen LogP contribution in [0.15, 0.2) is 0 Å². The van der Waals surface area contributed by atoms with Crippen LogP contribution in [0.25, 0.3) is 0 Å². The number of carbonyl (C=O) groups is 1. The molecule has 10 heteroatoms. The second-order valence-corrected chi connectivity index (χ2v) is 6.13. The molecule has 1 aliphatic rings. The van der Waals surface area contributed by atoms with Crippen LogP contribution in [-0.4, -0.2) is 43.5 Å². The van der Waals surface area contributed by atoms with E-state index in [0.717, 1.165) is 0 Å². The fraction of sp³-hybridized carbons (Fsp3) is 0.778. The van der Waals surface area contributed by atoms with Crippen molar-refractivity contribution in [2.24, 2.45) is 11.7 Å². The van der Waals surface area contributed by atoms with Crippen LogP contribution in [0, 0.1) is 5.92 Å². The largest absolute Gasteiger partial charge is 0.466 e. The van der Waals surface area contributed by atoms with Gasteiger partial charge < -0.3 is 10.5 Å². The summed E-state index contributed by atoms with van der Waals surface area (Å²) in [5.74, 6) is -0.510. The summed E-state index contributed by atoms with van der Waals surface area (Å²) in [5.41, 5.74) is 7.31. The lowest BCUT2D eigenvalue weighted by Gasteiger charge is -2.29. The fourth-order valence-corrected chi connectivity index (χ4v) is 2.95. The Morgan fingerprint density at radius 1 is 1.47 bits per heavy atom. The summed E-state index contributed by atoms with van der Waals surface area (Å²) >= 11 is 4.51. The number of piperidine rings is 1. The molecular weight excluding hydrogens is 292 g/mol. The highest BCUT2D eigenvalue weighted by molar-refractivity contribution is 7.87. The van der Waals surface area contributed by atoms with Crippen molar-refractivity contribution in [1.29, 1.82) is 0 Å². The first-order chi connectivity index (χ1) is 8.86. The number of esters is 1. The summed E-state index contributed by atoms with van der Waals surface area (Å²) in [6.45, 7) is 2.56. The lowest BCUT2D eigenvalue weighted by molar-refractivity contribution is -0.149. The number of hydrazine groups is 1. The minimum absolute atomic E-state index is 0.162. The first-order valence-corrected chi connectivity index (χ1v) is 7.70. The minimum atomic E-state index is -3.69. The van der Waals surface area contributed by atoms with Gasteiger partial charge in [0.15, 0.2) is 5.11 Å². The van der Waals surface area contributed by atoms with Crippen LogP contribution in [0.4, 0.5) is 0 Å². The number of rotatable bonds is 5. The second kappa shape index (κ2) is 6.98. The van der Waals surface area contributed by atoms with Gasteiger partial charge in [0.25, 0.3) is 10.2 Å². The van der Waals surface area contributed by atoms with Gasteiger partial charge in [-0.2, -0.15) is 12.7 Å². The molecule has 0 radical (unpaired) electrons. The number of nitrogens with zero attached hydrogens (tertiary/aromatic N) is 1. The van der Waals surface area contributed by atoms with Crippen molar-refractivity contribution in [2.75, 3.05) is 19.7 Å². The minimum Gasteiger partial charge on any atom is -0.466 e. The van der Waals surface area contributed by atoms with Gasteiger partial charge in [-0.25, -0.2) is 0 Å². The third-order valence-electron chi connectivity index (χ3n) is 2.72. The lowest BCUT2D eigenvalue weighted by atomic mass is 9.98. The van der Waals surface area contributed by atoms with Crippen LogP contribution in [0.5, 0.6) is 0 Å². The van der Waals surface area contributed by atoms with Gasteiger partial charge in [-0.1, -0.05) is 0 Å². The summed E-state index contributed by atoms with van der Waals surface area (Å²) in [6.07, 6.45) is 0.875. The van der Waals surface area contributed by atoms with Crippen LogP contribution >= 0.6 is 12.2 Å². The van der Waals surface area contributed by atoms with Crippen molar-refractivity contribution in [2.45, 2.75) is 19.8 Å². The topological polar surface area (TPSA) is 114 Å². The molecule has 19 heavy (non-hydrogen) atoms. The molecule has 0 aromatic rings. The van der Waals surface area contributed by atoms with E-state index in [1.807, 2.05) is 0 Å². The predicted octanol–water partition coefficient (Wildman–Crippen LogP) is -1.16. The van der Waals surface area contributed by atoms with Gasteiger partial charge in [0.1, 0.15) is 0 Å². The quantitative estimate of drug-likeness (QED) is 0.333. The van der Waals surface area contributed by atoms with E-state index in [4.69, 9.17) is 10.5 Å². The standard InChI is InChI=1S/C9H18N4O4S2/c1-2-17-8(14)7-3-5-13(6-4-7)19(15,16)12-11-9(10)18/h7,12H,2-6H2,1H3,(H3,10,11,18). The molecule has 110 valence electrons. The molecule has 0 saturated carbocycles. The van der Waals surface area contributed by atoms with Gasteiger partial charge in [0.2, 0.25) is 0 Å². The maximum absolute atomic E-state index is 11.8. The highest BCUT2D eigenvalue weighted by Crippen LogP contribution is 2.20. The molecule has 0 amide bonds. The highest BCUT2D eigenvalue weighted by atomic mass is 32.2. The van der Waals surface area contributed by atoms with Gasteiger partial charge in [-0.3, -0.25) is 10.2 Å². The predicted molar refractivity (Wildman–Crippen MR) is 72.9 cm³/mol.